The lowest BCUT2D eigenvalue weighted by atomic mass is 10.1. The summed E-state index contributed by atoms with van der Waals surface area (Å²) in [7, 11) is 1.76. The fourth-order valence-corrected chi connectivity index (χ4v) is 2.01. The third-order valence-corrected chi connectivity index (χ3v) is 2.94. The van der Waals surface area contributed by atoms with E-state index in [4.69, 9.17) is 4.42 Å². The van der Waals surface area contributed by atoms with E-state index in [0.29, 0.717) is 12.2 Å². The minimum atomic E-state index is 0.0699. The highest BCUT2D eigenvalue weighted by molar-refractivity contribution is 9.10. The second-order valence-electron chi connectivity index (χ2n) is 4.05. The number of nitrogens with one attached hydrogen (secondary N) is 1. The van der Waals surface area contributed by atoms with Crippen LogP contribution in [0.1, 0.15) is 31.0 Å². The molecule has 1 atom stereocenters. The average molecular weight is 314 g/mol. The molecule has 0 aliphatic heterocycles. The van der Waals surface area contributed by atoms with Gasteiger partial charge in [0.2, 0.25) is 0 Å². The van der Waals surface area contributed by atoms with E-state index in [2.05, 4.69) is 43.6 Å². The molecule has 0 bridgehead atoms. The first-order valence-corrected chi connectivity index (χ1v) is 6.70. The summed E-state index contributed by atoms with van der Waals surface area (Å²) in [6.45, 7) is 3.05. The molecule has 7 heteroatoms. The summed E-state index contributed by atoms with van der Waals surface area (Å²) in [5.41, 5.74) is 0. The molecule has 2 aromatic heterocycles. The van der Waals surface area contributed by atoms with E-state index in [1.165, 1.54) is 4.80 Å². The van der Waals surface area contributed by atoms with E-state index in [1.807, 2.05) is 12.1 Å². The Morgan fingerprint density at radius 3 is 2.89 bits per heavy atom. The minimum absolute atomic E-state index is 0.0699. The van der Waals surface area contributed by atoms with Crippen LogP contribution >= 0.6 is 15.9 Å². The van der Waals surface area contributed by atoms with Crippen molar-refractivity contribution < 1.29 is 4.42 Å². The first-order chi connectivity index (χ1) is 8.69. The maximum absolute atomic E-state index is 5.59. The maximum Gasteiger partial charge on any atom is 0.176 e. The number of aryl methyl sites for hydroxylation is 1. The minimum Gasteiger partial charge on any atom is -0.453 e. The molecule has 0 fully saturated rings. The Morgan fingerprint density at radius 1 is 1.50 bits per heavy atom. The molecule has 0 spiro atoms. The van der Waals surface area contributed by atoms with Gasteiger partial charge in [-0.1, -0.05) is 6.92 Å². The van der Waals surface area contributed by atoms with Gasteiger partial charge in [-0.3, -0.25) is 0 Å². The number of halogens is 1. The summed E-state index contributed by atoms with van der Waals surface area (Å²) in [6.07, 6.45) is 1.72. The number of nitrogens with zero attached hydrogens (tertiary/aromatic N) is 4. The lowest BCUT2D eigenvalue weighted by Gasteiger charge is -2.14. The van der Waals surface area contributed by atoms with E-state index in [0.717, 1.165) is 23.4 Å². The van der Waals surface area contributed by atoms with Gasteiger partial charge < -0.3 is 9.73 Å². The van der Waals surface area contributed by atoms with Gasteiger partial charge in [-0.05, 0) is 46.2 Å². The van der Waals surface area contributed by atoms with Crippen molar-refractivity contribution >= 4 is 15.9 Å². The van der Waals surface area contributed by atoms with Crippen molar-refractivity contribution in [2.45, 2.75) is 25.8 Å². The first-order valence-electron chi connectivity index (χ1n) is 5.90. The zero-order valence-corrected chi connectivity index (χ0v) is 12.0. The molecule has 0 aliphatic rings. The first kappa shape index (κ1) is 13.2. The van der Waals surface area contributed by atoms with Crippen LogP contribution in [0.5, 0.6) is 0 Å². The van der Waals surface area contributed by atoms with Gasteiger partial charge in [0.15, 0.2) is 10.5 Å². The Balaban J connectivity index is 2.09. The van der Waals surface area contributed by atoms with Gasteiger partial charge in [0.1, 0.15) is 5.76 Å². The second kappa shape index (κ2) is 6.10. The second-order valence-corrected chi connectivity index (χ2v) is 4.83. The Labute approximate surface area is 114 Å². The highest BCUT2D eigenvalue weighted by Crippen LogP contribution is 2.22. The molecule has 1 unspecified atom stereocenters. The number of hydrogen-bond acceptors (Lipinski definition) is 5. The topological polar surface area (TPSA) is 68.8 Å². The summed E-state index contributed by atoms with van der Waals surface area (Å²) in [5.74, 6) is 1.58. The fourth-order valence-electron chi connectivity index (χ4n) is 1.70. The van der Waals surface area contributed by atoms with Crippen molar-refractivity contribution in [2.24, 2.45) is 7.05 Å². The van der Waals surface area contributed by atoms with Crippen molar-refractivity contribution in [3.05, 3.63) is 28.4 Å². The highest BCUT2D eigenvalue weighted by Gasteiger charge is 2.17. The Bertz CT molecular complexity index is 495. The summed E-state index contributed by atoms with van der Waals surface area (Å²) in [4.78, 5) is 1.46. The summed E-state index contributed by atoms with van der Waals surface area (Å²) < 4.78 is 6.32. The molecule has 2 rings (SSSR count). The molecule has 6 nitrogen and oxygen atoms in total. The molecule has 2 heterocycles. The normalized spacial score (nSPS) is 12.8. The summed E-state index contributed by atoms with van der Waals surface area (Å²) >= 11 is 3.32. The van der Waals surface area contributed by atoms with Crippen LogP contribution in [0.2, 0.25) is 0 Å². The summed E-state index contributed by atoms with van der Waals surface area (Å²) in [5, 5.41) is 15.5. The monoisotopic (exact) mass is 313 g/mol. The predicted octanol–water partition coefficient (Wildman–Crippen LogP) is 1.85. The third-order valence-electron chi connectivity index (χ3n) is 2.51. The van der Waals surface area contributed by atoms with Gasteiger partial charge in [0, 0.05) is 6.42 Å². The van der Waals surface area contributed by atoms with Crippen LogP contribution in [0.4, 0.5) is 0 Å². The predicted molar refractivity (Wildman–Crippen MR) is 69.9 cm³/mol. The van der Waals surface area contributed by atoms with Crippen molar-refractivity contribution in [1.29, 1.82) is 0 Å². The molecular formula is C11H16BrN5O. The van der Waals surface area contributed by atoms with E-state index in [9.17, 15) is 0 Å². The lowest BCUT2D eigenvalue weighted by Crippen LogP contribution is -2.24. The smallest absolute Gasteiger partial charge is 0.176 e. The van der Waals surface area contributed by atoms with Crippen LogP contribution in [0.3, 0.4) is 0 Å². The van der Waals surface area contributed by atoms with E-state index < -0.39 is 0 Å². The molecule has 0 radical (unpaired) electrons. The molecular weight excluding hydrogens is 298 g/mol. The van der Waals surface area contributed by atoms with Crippen LogP contribution in [0.25, 0.3) is 0 Å². The molecule has 18 heavy (non-hydrogen) atoms. The number of hydrogen-bond donors (Lipinski definition) is 1. The number of rotatable bonds is 6. The van der Waals surface area contributed by atoms with Crippen LogP contribution in [0.15, 0.2) is 21.2 Å². The number of furan rings is 1. The lowest BCUT2D eigenvalue weighted by molar-refractivity contribution is 0.395. The molecule has 0 saturated carbocycles. The van der Waals surface area contributed by atoms with Gasteiger partial charge in [-0.25, -0.2) is 0 Å². The molecule has 1 N–H and O–H groups in total. The van der Waals surface area contributed by atoms with Crippen molar-refractivity contribution in [3.63, 3.8) is 0 Å². The van der Waals surface area contributed by atoms with Crippen molar-refractivity contribution in [1.82, 2.24) is 25.5 Å². The van der Waals surface area contributed by atoms with E-state index in [-0.39, 0.29) is 6.04 Å². The standard InChI is InChI=1S/C11H16BrN5O/c1-3-6-13-8(9-4-5-10(12)18-9)7-11-14-16-17(2)15-11/h4-5,8,13H,3,6-7H2,1-2H3. The zero-order valence-electron chi connectivity index (χ0n) is 10.4. The summed E-state index contributed by atoms with van der Waals surface area (Å²) in [6, 6.07) is 3.91. The Hall–Kier alpha value is -1.21. The number of tetrazole rings is 1. The van der Waals surface area contributed by atoms with Crippen LogP contribution in [0, 0.1) is 0 Å². The SMILES string of the molecule is CCCNC(Cc1nnn(C)n1)c1ccc(Br)o1. The average Bonchev–Trinajstić information content (AvgIpc) is 2.93. The van der Waals surface area contributed by atoms with Gasteiger partial charge in [-0.2, -0.15) is 4.80 Å². The van der Waals surface area contributed by atoms with Gasteiger partial charge in [-0.15, -0.1) is 10.2 Å². The van der Waals surface area contributed by atoms with E-state index in [1.54, 1.807) is 7.05 Å². The molecule has 98 valence electrons. The van der Waals surface area contributed by atoms with Crippen molar-refractivity contribution in [3.8, 4) is 0 Å². The van der Waals surface area contributed by atoms with Gasteiger partial charge >= 0.3 is 0 Å². The van der Waals surface area contributed by atoms with Crippen molar-refractivity contribution in [2.75, 3.05) is 6.54 Å². The van der Waals surface area contributed by atoms with Gasteiger partial charge in [0.05, 0.1) is 13.1 Å². The highest BCUT2D eigenvalue weighted by atomic mass is 79.9. The maximum atomic E-state index is 5.59. The van der Waals surface area contributed by atoms with E-state index >= 15 is 0 Å². The molecule has 0 aromatic carbocycles. The molecule has 0 aliphatic carbocycles. The molecule has 2 aromatic rings. The quantitative estimate of drug-likeness (QED) is 0.881. The van der Waals surface area contributed by atoms with Crippen LogP contribution in [-0.4, -0.2) is 26.8 Å². The Kier molecular flexibility index (Phi) is 4.48. The number of aromatic nitrogens is 4. The molecule has 0 amide bonds. The zero-order chi connectivity index (χ0) is 13.0. The third kappa shape index (κ3) is 3.39. The Morgan fingerprint density at radius 2 is 2.33 bits per heavy atom. The fraction of sp³-hybridized carbons (Fsp3) is 0.545. The van der Waals surface area contributed by atoms with Gasteiger partial charge in [0.25, 0.3) is 0 Å². The molecule has 0 saturated heterocycles. The van der Waals surface area contributed by atoms with Crippen LogP contribution < -0.4 is 5.32 Å². The largest absolute Gasteiger partial charge is 0.453 e. The van der Waals surface area contributed by atoms with Crippen LogP contribution in [-0.2, 0) is 13.5 Å².